The van der Waals surface area contributed by atoms with Crippen LogP contribution in [0.5, 0.6) is 0 Å². The van der Waals surface area contributed by atoms with E-state index < -0.39 is 0 Å². The maximum atomic E-state index is 13.7. The van der Waals surface area contributed by atoms with Gasteiger partial charge in [-0.25, -0.2) is 4.98 Å². The molecule has 8 nitrogen and oxygen atoms in total. The van der Waals surface area contributed by atoms with E-state index in [4.69, 9.17) is 10.5 Å². The minimum atomic E-state index is -0.216. The third kappa shape index (κ3) is 4.75. The number of anilines is 4. The number of fused-ring (bicyclic) bond motifs is 3. The van der Waals surface area contributed by atoms with Gasteiger partial charge in [-0.3, -0.25) is 9.59 Å². The number of carbonyl (C=O) groups excluding carboxylic acids is 2. The fraction of sp³-hybridized carbons (Fsp3) is 0.281. The number of nitrogen functional groups attached to an aromatic ring is 1. The highest BCUT2D eigenvalue weighted by atomic mass is 32.1. The molecule has 2 aromatic carbocycles. The first-order valence-electron chi connectivity index (χ1n) is 14.0. The Hall–Kier alpha value is -4.21. The molecule has 2 fully saturated rings. The van der Waals surface area contributed by atoms with Crippen molar-refractivity contribution in [3.63, 3.8) is 0 Å². The second kappa shape index (κ2) is 10.3. The quantitative estimate of drug-likeness (QED) is 0.341. The number of hydrogen-bond acceptors (Lipinski definition) is 7. The number of carbonyl (C=O) groups is 2. The van der Waals surface area contributed by atoms with E-state index in [0.717, 1.165) is 66.7 Å². The highest BCUT2D eigenvalue weighted by molar-refractivity contribution is 7.19. The van der Waals surface area contributed by atoms with Crippen LogP contribution in [0, 0.1) is 5.41 Å². The lowest BCUT2D eigenvalue weighted by atomic mass is 9.73. The Bertz CT molecular complexity index is 1620. The summed E-state index contributed by atoms with van der Waals surface area (Å²) >= 11 is 1.56. The van der Waals surface area contributed by atoms with Crippen molar-refractivity contribution < 1.29 is 14.3 Å². The molecule has 3 N–H and O–H groups in total. The zero-order valence-electron chi connectivity index (χ0n) is 22.6. The summed E-state index contributed by atoms with van der Waals surface area (Å²) in [6.45, 7) is 3.95. The molecular formula is C32H31N5O3S. The normalized spacial score (nSPS) is 17.3. The molecule has 0 atom stereocenters. The van der Waals surface area contributed by atoms with Crippen molar-refractivity contribution in [1.82, 2.24) is 4.98 Å². The summed E-state index contributed by atoms with van der Waals surface area (Å²) in [6, 6.07) is 20.7. The zero-order valence-corrected chi connectivity index (χ0v) is 23.5. The average Bonchev–Trinajstić information content (AvgIpc) is 3.29. The van der Waals surface area contributed by atoms with Gasteiger partial charge in [0.1, 0.15) is 5.82 Å². The number of nitrogens with one attached hydrogen (secondary N) is 1. The maximum Gasteiger partial charge on any atom is 0.259 e. The van der Waals surface area contributed by atoms with Gasteiger partial charge in [0.25, 0.3) is 11.8 Å². The van der Waals surface area contributed by atoms with E-state index in [2.05, 4.69) is 15.2 Å². The second-order valence-electron chi connectivity index (χ2n) is 11.1. The van der Waals surface area contributed by atoms with Crippen LogP contribution in [0.1, 0.15) is 39.1 Å². The number of thiophene rings is 1. The van der Waals surface area contributed by atoms with Crippen molar-refractivity contribution in [1.29, 1.82) is 0 Å². The number of hydrogen-bond donors (Lipinski definition) is 2. The Morgan fingerprint density at radius 2 is 1.78 bits per heavy atom. The minimum Gasteiger partial charge on any atom is -0.391 e. The van der Waals surface area contributed by atoms with Gasteiger partial charge in [-0.05, 0) is 73.4 Å². The Kier molecular flexibility index (Phi) is 6.48. The van der Waals surface area contributed by atoms with E-state index in [1.807, 2.05) is 41.3 Å². The molecule has 0 unspecified atom stereocenters. The van der Waals surface area contributed by atoms with Crippen LogP contribution < -0.4 is 20.9 Å². The summed E-state index contributed by atoms with van der Waals surface area (Å²) in [6.07, 6.45) is 4.57. The first kappa shape index (κ1) is 25.7. The number of rotatable bonds is 4. The van der Waals surface area contributed by atoms with Gasteiger partial charge in [-0.2, -0.15) is 0 Å². The molecule has 9 heteroatoms. The second-order valence-corrected chi connectivity index (χ2v) is 12.2. The van der Waals surface area contributed by atoms with Crippen LogP contribution >= 0.6 is 11.3 Å². The number of amides is 2. The predicted molar refractivity (Wildman–Crippen MR) is 163 cm³/mol. The first-order chi connectivity index (χ1) is 20.0. The van der Waals surface area contributed by atoms with Crippen LogP contribution in [0.3, 0.4) is 0 Å². The van der Waals surface area contributed by atoms with Gasteiger partial charge < -0.3 is 25.6 Å². The Balaban J connectivity index is 1.06. The third-order valence-electron chi connectivity index (χ3n) is 8.44. The van der Waals surface area contributed by atoms with Crippen LogP contribution in [0.2, 0.25) is 0 Å². The lowest BCUT2D eigenvalue weighted by Crippen LogP contribution is -2.59. The van der Waals surface area contributed by atoms with Crippen LogP contribution in [0.15, 0.2) is 72.9 Å². The maximum absolute atomic E-state index is 13.7. The molecule has 2 saturated heterocycles. The molecule has 41 heavy (non-hydrogen) atoms. The number of pyridine rings is 1. The Labute approximate surface area is 242 Å². The van der Waals surface area contributed by atoms with Gasteiger partial charge in [0.2, 0.25) is 0 Å². The number of nitrogens with two attached hydrogens (primary N) is 1. The summed E-state index contributed by atoms with van der Waals surface area (Å²) < 4.78 is 5.54. The fourth-order valence-corrected chi connectivity index (χ4v) is 7.25. The number of ether oxygens (including phenoxy) is 1. The number of benzene rings is 2. The summed E-state index contributed by atoms with van der Waals surface area (Å²) in [5.41, 5.74) is 11.2. The molecule has 2 aromatic heterocycles. The molecule has 0 radical (unpaired) electrons. The Morgan fingerprint density at radius 1 is 1.00 bits per heavy atom. The van der Waals surface area contributed by atoms with E-state index in [-0.39, 0.29) is 17.2 Å². The molecule has 208 valence electrons. The summed E-state index contributed by atoms with van der Waals surface area (Å²) in [5.74, 6) is 0.420. The van der Waals surface area contributed by atoms with Crippen molar-refractivity contribution in [3.8, 4) is 10.4 Å². The highest BCUT2D eigenvalue weighted by Crippen LogP contribution is 2.43. The van der Waals surface area contributed by atoms with Crippen LogP contribution in [0.4, 0.5) is 22.2 Å². The van der Waals surface area contributed by atoms with Crippen molar-refractivity contribution in [3.05, 3.63) is 89.6 Å². The van der Waals surface area contributed by atoms with E-state index >= 15 is 0 Å². The van der Waals surface area contributed by atoms with E-state index in [1.54, 1.807) is 47.9 Å². The first-order valence-corrected chi connectivity index (χ1v) is 14.8. The Morgan fingerprint density at radius 3 is 2.59 bits per heavy atom. The molecule has 3 aliphatic heterocycles. The highest BCUT2D eigenvalue weighted by Gasteiger charge is 2.45. The molecule has 4 aromatic rings. The van der Waals surface area contributed by atoms with Gasteiger partial charge >= 0.3 is 0 Å². The van der Waals surface area contributed by atoms with Crippen molar-refractivity contribution in [2.45, 2.75) is 19.3 Å². The predicted octanol–water partition coefficient (Wildman–Crippen LogP) is 5.46. The van der Waals surface area contributed by atoms with Gasteiger partial charge in [-0.1, -0.05) is 18.2 Å². The standard InChI is InChI=1S/C32H31N5O3S/c33-27-18-22-11-15-37(26-6-2-1-4-24(26)28(22)41-27)31(39)21-7-9-23(10-8-21)35-30(38)25-5-3-14-34-29(25)36-19-32(20-36)12-16-40-17-13-32/h1-10,14,18H,11-13,15-17,19-20,33H2,(H,35,38). The lowest BCUT2D eigenvalue weighted by molar-refractivity contribution is -0.000509. The molecule has 5 heterocycles. The third-order valence-corrected chi connectivity index (χ3v) is 9.48. The molecule has 3 aliphatic rings. The van der Waals surface area contributed by atoms with Crippen molar-refractivity contribution in [2.75, 3.05) is 53.7 Å². The average molecular weight is 566 g/mol. The fourth-order valence-electron chi connectivity index (χ4n) is 6.24. The monoisotopic (exact) mass is 565 g/mol. The van der Waals surface area contributed by atoms with E-state index in [0.29, 0.717) is 29.2 Å². The molecule has 1 spiro atoms. The van der Waals surface area contributed by atoms with E-state index in [9.17, 15) is 9.59 Å². The molecule has 0 bridgehead atoms. The molecule has 0 aliphatic carbocycles. The number of aromatic nitrogens is 1. The van der Waals surface area contributed by atoms with Gasteiger partial charge in [0.05, 0.1) is 16.3 Å². The SMILES string of the molecule is Nc1cc2c(s1)-c1ccccc1N(C(=O)c1ccc(NC(=O)c3cccnc3N3CC4(CCOCC4)C3)cc1)CC2. The minimum absolute atomic E-state index is 0.0761. The largest absolute Gasteiger partial charge is 0.391 e. The summed E-state index contributed by atoms with van der Waals surface area (Å²) in [7, 11) is 0. The lowest BCUT2D eigenvalue weighted by Gasteiger charge is -2.53. The van der Waals surface area contributed by atoms with Gasteiger partial charge in [0, 0.05) is 66.2 Å². The molecule has 7 rings (SSSR count). The smallest absolute Gasteiger partial charge is 0.259 e. The molecule has 2 amide bonds. The van der Waals surface area contributed by atoms with Gasteiger partial charge in [0.15, 0.2) is 0 Å². The van der Waals surface area contributed by atoms with Crippen molar-refractivity contribution >= 4 is 45.3 Å². The zero-order chi connectivity index (χ0) is 28.0. The summed E-state index contributed by atoms with van der Waals surface area (Å²) in [5, 5.41) is 3.78. The topological polar surface area (TPSA) is 101 Å². The van der Waals surface area contributed by atoms with Crippen LogP contribution in [-0.2, 0) is 11.2 Å². The molecular weight excluding hydrogens is 534 g/mol. The van der Waals surface area contributed by atoms with Crippen molar-refractivity contribution in [2.24, 2.45) is 5.41 Å². The van der Waals surface area contributed by atoms with E-state index in [1.165, 1.54) is 5.56 Å². The van der Waals surface area contributed by atoms with Crippen LogP contribution in [0.25, 0.3) is 10.4 Å². The number of nitrogens with zero attached hydrogens (tertiary/aromatic N) is 3. The van der Waals surface area contributed by atoms with Crippen LogP contribution in [-0.4, -0.2) is 49.6 Å². The summed E-state index contributed by atoms with van der Waals surface area (Å²) in [4.78, 5) is 36.7. The number of para-hydroxylation sites is 1. The molecule has 0 saturated carbocycles. The van der Waals surface area contributed by atoms with Gasteiger partial charge in [-0.15, -0.1) is 11.3 Å².